The van der Waals surface area contributed by atoms with E-state index in [1.807, 2.05) is 42.5 Å². The molecule has 3 aromatic carbocycles. The molecule has 0 spiro atoms. The molecule has 4 nitrogen and oxygen atoms in total. The van der Waals surface area contributed by atoms with Crippen molar-refractivity contribution in [2.24, 2.45) is 0 Å². The monoisotopic (exact) mass is 576 g/mol. The van der Waals surface area contributed by atoms with Crippen LogP contribution in [0, 0.1) is 14.9 Å². The third-order valence-corrected chi connectivity index (χ3v) is 6.08. The summed E-state index contributed by atoms with van der Waals surface area (Å²) in [4.78, 5) is 12.5. The van der Waals surface area contributed by atoms with Gasteiger partial charge in [-0.05, 0) is 82.6 Å². The second kappa shape index (κ2) is 11.4. The largest absolute Gasteiger partial charge is 0.488 e. The predicted octanol–water partition coefficient (Wildman–Crippen LogP) is 7.29. The van der Waals surface area contributed by atoms with Gasteiger partial charge in [-0.2, -0.15) is 5.26 Å². The molecule has 3 aromatic rings. The van der Waals surface area contributed by atoms with Crippen molar-refractivity contribution in [2.75, 3.05) is 5.32 Å². The lowest BCUT2D eigenvalue weighted by Crippen LogP contribution is -2.13. The third kappa shape index (κ3) is 6.49. The number of aryl methyl sites for hydroxylation is 1. The molecule has 0 bridgehead atoms. The van der Waals surface area contributed by atoms with Gasteiger partial charge in [0, 0.05) is 21.3 Å². The summed E-state index contributed by atoms with van der Waals surface area (Å²) >= 11 is 14.3. The van der Waals surface area contributed by atoms with Gasteiger partial charge < -0.3 is 10.1 Å². The van der Waals surface area contributed by atoms with E-state index in [0.717, 1.165) is 21.1 Å². The highest BCUT2D eigenvalue weighted by atomic mass is 127. The van der Waals surface area contributed by atoms with Crippen LogP contribution in [-0.2, 0) is 17.8 Å². The molecule has 32 heavy (non-hydrogen) atoms. The van der Waals surface area contributed by atoms with Crippen LogP contribution in [0.4, 0.5) is 5.69 Å². The Morgan fingerprint density at radius 3 is 2.50 bits per heavy atom. The van der Waals surface area contributed by atoms with Crippen LogP contribution in [0.3, 0.4) is 0 Å². The smallest absolute Gasteiger partial charge is 0.266 e. The van der Waals surface area contributed by atoms with Gasteiger partial charge >= 0.3 is 0 Å². The Morgan fingerprint density at radius 2 is 1.88 bits per heavy atom. The number of nitrogens with zero attached hydrogens (tertiary/aromatic N) is 1. The zero-order chi connectivity index (χ0) is 23.1. The third-order valence-electron chi connectivity index (χ3n) is 4.65. The number of anilines is 1. The van der Waals surface area contributed by atoms with Crippen molar-refractivity contribution in [3.63, 3.8) is 0 Å². The number of nitrogens with one attached hydrogen (secondary N) is 1. The van der Waals surface area contributed by atoms with Crippen molar-refractivity contribution in [1.29, 1.82) is 5.26 Å². The maximum atomic E-state index is 12.5. The number of hydrogen-bond acceptors (Lipinski definition) is 3. The van der Waals surface area contributed by atoms with Crippen molar-refractivity contribution < 1.29 is 9.53 Å². The van der Waals surface area contributed by atoms with Gasteiger partial charge in [-0.1, -0.05) is 54.4 Å². The van der Waals surface area contributed by atoms with Crippen LogP contribution in [-0.4, -0.2) is 5.91 Å². The fourth-order valence-corrected chi connectivity index (χ4v) is 4.01. The molecular weight excluding hydrogens is 558 g/mol. The molecule has 0 fully saturated rings. The van der Waals surface area contributed by atoms with E-state index in [4.69, 9.17) is 27.9 Å². The standard InChI is InChI=1S/C25H19Cl2IN2O2/c1-2-16-3-8-21(9-4-16)30-25(31)19(14-29)11-17-5-10-24(23(28)12-17)32-15-18-6-7-20(26)13-22(18)27/h3-13H,2,15H2,1H3,(H,30,31)/b19-11+. The molecule has 0 atom stereocenters. The molecule has 3 rings (SSSR count). The van der Waals surface area contributed by atoms with E-state index >= 15 is 0 Å². The SMILES string of the molecule is CCc1ccc(NC(=O)/C(C#N)=C/c2ccc(OCc3ccc(Cl)cc3Cl)c(I)c2)cc1. The Morgan fingerprint density at radius 1 is 1.12 bits per heavy atom. The Hall–Kier alpha value is -2.53. The average molecular weight is 577 g/mol. The molecule has 1 N–H and O–H groups in total. The van der Waals surface area contributed by atoms with Crippen LogP contribution in [0.15, 0.2) is 66.2 Å². The first-order chi connectivity index (χ1) is 15.4. The Labute approximate surface area is 210 Å². The zero-order valence-electron chi connectivity index (χ0n) is 17.2. The molecular formula is C25H19Cl2IN2O2. The number of hydrogen-bond donors (Lipinski definition) is 1. The van der Waals surface area contributed by atoms with Gasteiger partial charge in [-0.3, -0.25) is 4.79 Å². The van der Waals surface area contributed by atoms with Crippen molar-refractivity contribution in [1.82, 2.24) is 0 Å². The normalized spacial score (nSPS) is 11.0. The number of halogens is 3. The highest BCUT2D eigenvalue weighted by molar-refractivity contribution is 14.1. The average Bonchev–Trinajstić information content (AvgIpc) is 2.78. The lowest BCUT2D eigenvalue weighted by molar-refractivity contribution is -0.112. The molecule has 0 saturated heterocycles. The summed E-state index contributed by atoms with van der Waals surface area (Å²) in [5, 5.41) is 13.3. The molecule has 7 heteroatoms. The van der Waals surface area contributed by atoms with Gasteiger partial charge in [-0.15, -0.1) is 0 Å². The molecule has 0 unspecified atom stereocenters. The highest BCUT2D eigenvalue weighted by Crippen LogP contribution is 2.27. The minimum Gasteiger partial charge on any atom is -0.488 e. The van der Waals surface area contributed by atoms with Crippen molar-refractivity contribution in [2.45, 2.75) is 20.0 Å². The molecule has 0 aliphatic heterocycles. The van der Waals surface area contributed by atoms with E-state index in [1.54, 1.807) is 30.3 Å². The van der Waals surface area contributed by atoms with Gasteiger partial charge in [0.05, 0.1) is 3.57 Å². The molecule has 162 valence electrons. The Bertz CT molecular complexity index is 1200. The fourth-order valence-electron chi connectivity index (χ4n) is 2.86. The maximum absolute atomic E-state index is 12.5. The van der Waals surface area contributed by atoms with Gasteiger partial charge in [0.15, 0.2) is 0 Å². The van der Waals surface area contributed by atoms with Crippen molar-refractivity contribution in [3.05, 3.63) is 96.5 Å². The van der Waals surface area contributed by atoms with Crippen LogP contribution in [0.25, 0.3) is 6.08 Å². The molecule has 0 aliphatic rings. The summed E-state index contributed by atoms with van der Waals surface area (Å²) in [5.74, 6) is 0.220. The second-order valence-electron chi connectivity index (χ2n) is 6.89. The van der Waals surface area contributed by atoms with Crippen molar-refractivity contribution >= 4 is 63.5 Å². The number of nitriles is 1. The summed E-state index contributed by atoms with van der Waals surface area (Å²) in [7, 11) is 0. The van der Waals surface area contributed by atoms with E-state index in [9.17, 15) is 10.1 Å². The van der Waals surface area contributed by atoms with E-state index < -0.39 is 5.91 Å². The van der Waals surface area contributed by atoms with E-state index in [0.29, 0.717) is 28.1 Å². The van der Waals surface area contributed by atoms with Crippen LogP contribution in [0.2, 0.25) is 10.0 Å². The van der Waals surface area contributed by atoms with E-state index in [2.05, 4.69) is 34.8 Å². The maximum Gasteiger partial charge on any atom is 0.266 e. The number of carbonyl (C=O) groups is 1. The molecule has 0 radical (unpaired) electrons. The van der Waals surface area contributed by atoms with E-state index in [1.165, 1.54) is 5.56 Å². The van der Waals surface area contributed by atoms with Gasteiger partial charge in [0.1, 0.15) is 24.0 Å². The zero-order valence-corrected chi connectivity index (χ0v) is 20.8. The predicted molar refractivity (Wildman–Crippen MR) is 138 cm³/mol. The minimum absolute atomic E-state index is 0.0157. The molecule has 0 heterocycles. The van der Waals surface area contributed by atoms with Crippen LogP contribution in [0.1, 0.15) is 23.6 Å². The van der Waals surface area contributed by atoms with Gasteiger partial charge in [0.25, 0.3) is 5.91 Å². The van der Waals surface area contributed by atoms with Gasteiger partial charge in [-0.25, -0.2) is 0 Å². The Balaban J connectivity index is 1.70. The first kappa shape index (κ1) is 24.1. The second-order valence-corrected chi connectivity index (χ2v) is 8.89. The number of ether oxygens (including phenoxy) is 1. The lowest BCUT2D eigenvalue weighted by atomic mass is 10.1. The van der Waals surface area contributed by atoms with Crippen molar-refractivity contribution in [3.8, 4) is 11.8 Å². The summed E-state index contributed by atoms with van der Waals surface area (Å²) in [6.07, 6.45) is 2.47. The van der Waals surface area contributed by atoms with Gasteiger partial charge in [0.2, 0.25) is 0 Å². The molecule has 0 aromatic heterocycles. The van der Waals surface area contributed by atoms with Crippen LogP contribution < -0.4 is 10.1 Å². The minimum atomic E-state index is -0.454. The number of carbonyl (C=O) groups excluding carboxylic acids is 1. The van der Waals surface area contributed by atoms with E-state index in [-0.39, 0.29) is 5.57 Å². The first-order valence-electron chi connectivity index (χ1n) is 9.78. The molecule has 1 amide bonds. The molecule has 0 saturated carbocycles. The number of benzene rings is 3. The summed E-state index contributed by atoms with van der Waals surface area (Å²) < 4.78 is 6.72. The number of amides is 1. The lowest BCUT2D eigenvalue weighted by Gasteiger charge is -2.10. The van der Waals surface area contributed by atoms with Crippen LogP contribution >= 0.6 is 45.8 Å². The molecule has 0 aliphatic carbocycles. The Kier molecular flexibility index (Phi) is 8.57. The quantitative estimate of drug-likeness (QED) is 0.182. The number of rotatable bonds is 7. The van der Waals surface area contributed by atoms with Crippen LogP contribution in [0.5, 0.6) is 5.75 Å². The summed E-state index contributed by atoms with van der Waals surface area (Å²) in [5.41, 5.74) is 3.38. The fraction of sp³-hybridized carbons (Fsp3) is 0.120. The first-order valence-corrected chi connectivity index (χ1v) is 11.6. The summed E-state index contributed by atoms with van der Waals surface area (Å²) in [6, 6.07) is 20.2. The topological polar surface area (TPSA) is 62.1 Å². The summed E-state index contributed by atoms with van der Waals surface area (Å²) in [6.45, 7) is 2.36. The highest BCUT2D eigenvalue weighted by Gasteiger charge is 2.11.